The highest BCUT2D eigenvalue weighted by Crippen LogP contribution is 2.21. The molecule has 7 nitrogen and oxygen atoms in total. The highest BCUT2D eigenvalue weighted by Gasteiger charge is 2.24. The maximum atomic E-state index is 5.39. The second-order valence-corrected chi connectivity index (χ2v) is 4.80. The highest BCUT2D eigenvalue weighted by atomic mass is 16.5. The van der Waals surface area contributed by atoms with Gasteiger partial charge in [-0.2, -0.15) is 4.98 Å². The van der Waals surface area contributed by atoms with Crippen molar-refractivity contribution in [1.29, 1.82) is 0 Å². The van der Waals surface area contributed by atoms with Crippen LogP contribution in [0.3, 0.4) is 0 Å². The summed E-state index contributed by atoms with van der Waals surface area (Å²) in [5.41, 5.74) is 0. The average molecular weight is 284 g/mol. The standard InChI is InChI=1S/C13H24N4O3/c1-3-11(17-6-4-14-5-7-17)13-15-12(20-16-13)10-19-9-8-18-2/h11,14H,3-10H2,1-2H3. The first-order valence-corrected chi connectivity index (χ1v) is 7.19. The van der Waals surface area contributed by atoms with Crippen molar-refractivity contribution >= 4 is 0 Å². The molecule has 0 bridgehead atoms. The largest absolute Gasteiger partial charge is 0.382 e. The van der Waals surface area contributed by atoms with E-state index in [4.69, 9.17) is 14.0 Å². The van der Waals surface area contributed by atoms with Crippen LogP contribution in [0.4, 0.5) is 0 Å². The SMILES string of the molecule is CCC(c1noc(COCCOC)n1)N1CCNCC1. The maximum Gasteiger partial charge on any atom is 0.252 e. The number of rotatable bonds is 8. The molecule has 0 spiro atoms. The van der Waals surface area contributed by atoms with Gasteiger partial charge in [-0.1, -0.05) is 12.1 Å². The van der Waals surface area contributed by atoms with Gasteiger partial charge in [0.25, 0.3) is 5.89 Å². The van der Waals surface area contributed by atoms with E-state index in [0.717, 1.165) is 38.4 Å². The van der Waals surface area contributed by atoms with Gasteiger partial charge >= 0.3 is 0 Å². The molecule has 0 saturated carbocycles. The molecule has 1 atom stereocenters. The summed E-state index contributed by atoms with van der Waals surface area (Å²) in [7, 11) is 1.65. The molecule has 1 N–H and O–H groups in total. The van der Waals surface area contributed by atoms with Crippen LogP contribution in [-0.4, -0.2) is 61.5 Å². The van der Waals surface area contributed by atoms with Gasteiger partial charge in [0.05, 0.1) is 19.3 Å². The van der Waals surface area contributed by atoms with Gasteiger partial charge in [-0.05, 0) is 6.42 Å². The third-order valence-corrected chi connectivity index (χ3v) is 3.42. The first-order valence-electron chi connectivity index (χ1n) is 7.19. The number of hydrogen-bond donors (Lipinski definition) is 1. The predicted molar refractivity (Wildman–Crippen MR) is 73.3 cm³/mol. The maximum absolute atomic E-state index is 5.39. The molecule has 20 heavy (non-hydrogen) atoms. The third-order valence-electron chi connectivity index (χ3n) is 3.42. The van der Waals surface area contributed by atoms with Crippen LogP contribution in [0.5, 0.6) is 0 Å². The molecule has 2 rings (SSSR count). The number of nitrogens with zero attached hydrogens (tertiary/aromatic N) is 3. The van der Waals surface area contributed by atoms with E-state index in [0.29, 0.717) is 25.7 Å². The average Bonchev–Trinajstić information content (AvgIpc) is 2.94. The number of piperazine rings is 1. The fraction of sp³-hybridized carbons (Fsp3) is 0.846. The second-order valence-electron chi connectivity index (χ2n) is 4.80. The summed E-state index contributed by atoms with van der Waals surface area (Å²) in [6, 6.07) is 0.230. The van der Waals surface area contributed by atoms with Crippen LogP contribution in [0.1, 0.15) is 31.1 Å². The Hall–Kier alpha value is -1.02. The minimum absolute atomic E-state index is 0.230. The highest BCUT2D eigenvalue weighted by molar-refractivity contribution is 4.95. The normalized spacial score (nSPS) is 18.3. The van der Waals surface area contributed by atoms with Gasteiger partial charge in [0.1, 0.15) is 6.61 Å². The molecule has 2 heterocycles. The smallest absolute Gasteiger partial charge is 0.252 e. The molecular weight excluding hydrogens is 260 g/mol. The van der Waals surface area contributed by atoms with Gasteiger partial charge in [-0.3, -0.25) is 4.90 Å². The van der Waals surface area contributed by atoms with E-state index in [2.05, 4.69) is 27.3 Å². The Morgan fingerprint density at radius 1 is 1.35 bits per heavy atom. The molecule has 1 saturated heterocycles. The third kappa shape index (κ3) is 4.24. The van der Waals surface area contributed by atoms with Crippen molar-refractivity contribution in [2.75, 3.05) is 46.5 Å². The molecule has 1 fully saturated rings. The van der Waals surface area contributed by atoms with Gasteiger partial charge in [-0.15, -0.1) is 0 Å². The van der Waals surface area contributed by atoms with Gasteiger partial charge in [0.15, 0.2) is 5.82 Å². The monoisotopic (exact) mass is 284 g/mol. The first kappa shape index (κ1) is 15.4. The molecule has 1 aliphatic heterocycles. The van der Waals surface area contributed by atoms with Crippen molar-refractivity contribution in [2.24, 2.45) is 0 Å². The Bertz CT molecular complexity index is 379. The lowest BCUT2D eigenvalue weighted by Gasteiger charge is -2.32. The molecule has 1 unspecified atom stereocenters. The Labute approximate surface area is 119 Å². The first-order chi connectivity index (χ1) is 9.85. The second kappa shape index (κ2) is 8.31. The summed E-state index contributed by atoms with van der Waals surface area (Å²) in [6.07, 6.45) is 0.976. The molecule has 0 radical (unpaired) electrons. The minimum atomic E-state index is 0.230. The van der Waals surface area contributed by atoms with Crippen LogP contribution < -0.4 is 5.32 Å². The fourth-order valence-corrected chi connectivity index (χ4v) is 2.36. The molecule has 1 aliphatic rings. The molecule has 1 aromatic heterocycles. The quantitative estimate of drug-likeness (QED) is 0.700. The van der Waals surface area contributed by atoms with E-state index in [9.17, 15) is 0 Å². The summed E-state index contributed by atoms with van der Waals surface area (Å²) in [5.74, 6) is 1.30. The number of nitrogens with one attached hydrogen (secondary N) is 1. The number of hydrogen-bond acceptors (Lipinski definition) is 7. The van der Waals surface area contributed by atoms with Gasteiger partial charge in [0.2, 0.25) is 0 Å². The van der Waals surface area contributed by atoms with Crippen molar-refractivity contribution < 1.29 is 14.0 Å². The van der Waals surface area contributed by atoms with Crippen LogP contribution in [0.2, 0.25) is 0 Å². The topological polar surface area (TPSA) is 72.7 Å². The fourth-order valence-electron chi connectivity index (χ4n) is 2.36. The van der Waals surface area contributed by atoms with E-state index in [1.807, 2.05) is 0 Å². The van der Waals surface area contributed by atoms with E-state index in [-0.39, 0.29) is 6.04 Å². The molecular formula is C13H24N4O3. The van der Waals surface area contributed by atoms with Gasteiger partial charge < -0.3 is 19.3 Å². The zero-order chi connectivity index (χ0) is 14.2. The van der Waals surface area contributed by atoms with Crippen LogP contribution in [0.15, 0.2) is 4.52 Å². The Kier molecular flexibility index (Phi) is 6.38. The molecule has 114 valence electrons. The minimum Gasteiger partial charge on any atom is -0.382 e. The van der Waals surface area contributed by atoms with E-state index >= 15 is 0 Å². The Morgan fingerprint density at radius 3 is 2.85 bits per heavy atom. The molecule has 0 amide bonds. The van der Waals surface area contributed by atoms with Gasteiger partial charge in [-0.25, -0.2) is 0 Å². The Balaban J connectivity index is 1.88. The summed E-state index contributed by atoms with van der Waals surface area (Å²) in [6.45, 7) is 7.66. The van der Waals surface area contributed by atoms with Crippen LogP contribution in [-0.2, 0) is 16.1 Å². The number of ether oxygens (including phenoxy) is 2. The van der Waals surface area contributed by atoms with Gasteiger partial charge in [0, 0.05) is 33.3 Å². The molecule has 0 aliphatic carbocycles. The number of methoxy groups -OCH3 is 1. The lowest BCUT2D eigenvalue weighted by Crippen LogP contribution is -2.45. The van der Waals surface area contributed by atoms with Crippen molar-refractivity contribution in [2.45, 2.75) is 26.0 Å². The van der Waals surface area contributed by atoms with Crippen molar-refractivity contribution in [3.63, 3.8) is 0 Å². The molecule has 1 aromatic rings. The van der Waals surface area contributed by atoms with Crippen LogP contribution in [0.25, 0.3) is 0 Å². The molecule has 7 heteroatoms. The predicted octanol–water partition coefficient (Wildman–Crippen LogP) is 0.589. The number of aromatic nitrogens is 2. The van der Waals surface area contributed by atoms with E-state index in [1.165, 1.54) is 0 Å². The lowest BCUT2D eigenvalue weighted by atomic mass is 10.1. The molecule has 0 aromatic carbocycles. The van der Waals surface area contributed by atoms with E-state index < -0.39 is 0 Å². The zero-order valence-electron chi connectivity index (χ0n) is 12.3. The Morgan fingerprint density at radius 2 is 2.15 bits per heavy atom. The summed E-state index contributed by atoms with van der Waals surface area (Å²) in [4.78, 5) is 6.85. The lowest BCUT2D eigenvalue weighted by molar-refractivity contribution is 0.0494. The van der Waals surface area contributed by atoms with Crippen LogP contribution >= 0.6 is 0 Å². The van der Waals surface area contributed by atoms with Crippen molar-refractivity contribution in [3.05, 3.63) is 11.7 Å². The van der Waals surface area contributed by atoms with Crippen LogP contribution in [0, 0.1) is 0 Å². The van der Waals surface area contributed by atoms with Crippen molar-refractivity contribution in [1.82, 2.24) is 20.4 Å². The zero-order valence-corrected chi connectivity index (χ0v) is 12.3. The van der Waals surface area contributed by atoms with E-state index in [1.54, 1.807) is 7.11 Å². The summed E-state index contributed by atoms with van der Waals surface area (Å²) >= 11 is 0. The summed E-state index contributed by atoms with van der Waals surface area (Å²) in [5, 5.41) is 7.45. The van der Waals surface area contributed by atoms with Crippen molar-refractivity contribution in [3.8, 4) is 0 Å². The summed E-state index contributed by atoms with van der Waals surface area (Å²) < 4.78 is 15.6.